The number of fused-ring (bicyclic) bond motifs is 2. The fraction of sp³-hybridized carbons (Fsp3) is 0.353. The number of methoxy groups -OCH3 is 1. The predicted molar refractivity (Wildman–Crippen MR) is 90.8 cm³/mol. The Morgan fingerprint density at radius 1 is 1.44 bits per heavy atom. The summed E-state index contributed by atoms with van der Waals surface area (Å²) >= 11 is 0. The van der Waals surface area contributed by atoms with E-state index in [1.54, 1.807) is 18.3 Å². The summed E-state index contributed by atoms with van der Waals surface area (Å²) < 4.78 is 10.4. The minimum Gasteiger partial charge on any atom is -0.496 e. The maximum atomic E-state index is 11.6. The lowest BCUT2D eigenvalue weighted by Crippen LogP contribution is -2.47. The molecule has 0 saturated carbocycles. The summed E-state index contributed by atoms with van der Waals surface area (Å²) in [6.07, 6.45) is 1.33. The number of cyclic esters (lactones) is 1. The van der Waals surface area contributed by atoms with E-state index in [1.165, 1.54) is 7.11 Å². The van der Waals surface area contributed by atoms with Crippen molar-refractivity contribution in [1.29, 1.82) is 0 Å². The smallest absolute Gasteiger partial charge is 0.407 e. The van der Waals surface area contributed by atoms with Crippen molar-refractivity contribution in [2.75, 3.05) is 31.7 Å². The van der Waals surface area contributed by atoms with Crippen LogP contribution < -0.4 is 20.7 Å². The van der Waals surface area contributed by atoms with Crippen molar-refractivity contribution in [3.05, 3.63) is 30.0 Å². The van der Waals surface area contributed by atoms with E-state index in [0.717, 1.165) is 23.1 Å². The lowest BCUT2D eigenvalue weighted by atomic mass is 10.0. The summed E-state index contributed by atoms with van der Waals surface area (Å²) in [6.45, 7) is 1.80. The number of ether oxygens (including phenoxy) is 2. The third kappa shape index (κ3) is 2.59. The zero-order valence-electron chi connectivity index (χ0n) is 13.7. The molecule has 2 unspecified atom stereocenters. The van der Waals surface area contributed by atoms with Crippen LogP contribution in [0.25, 0.3) is 10.8 Å². The van der Waals surface area contributed by atoms with Gasteiger partial charge in [-0.1, -0.05) is 0 Å². The van der Waals surface area contributed by atoms with Crippen molar-refractivity contribution in [3.63, 3.8) is 0 Å². The Kier molecular flexibility index (Phi) is 3.60. The summed E-state index contributed by atoms with van der Waals surface area (Å²) in [5.74, 6) is 0.892. The van der Waals surface area contributed by atoms with Gasteiger partial charge in [0, 0.05) is 30.6 Å². The first-order valence-electron chi connectivity index (χ1n) is 8.01. The molecule has 2 aromatic rings. The molecule has 2 fully saturated rings. The number of carbonyl (C=O) groups is 2. The van der Waals surface area contributed by atoms with Crippen LogP contribution in [-0.2, 0) is 4.74 Å². The third-order valence-corrected chi connectivity index (χ3v) is 4.80. The SMILES string of the molecule is COc1cc2c(N3CC4COC(=O)NC4C3)nccc2cc1C(N)=O. The van der Waals surface area contributed by atoms with Crippen LogP contribution in [-0.4, -0.2) is 49.8 Å². The lowest BCUT2D eigenvalue weighted by molar-refractivity contribution is 0.0950. The molecule has 0 aliphatic carbocycles. The molecule has 1 aromatic heterocycles. The number of nitrogens with one attached hydrogen (secondary N) is 1. The molecule has 2 atom stereocenters. The summed E-state index contributed by atoms with van der Waals surface area (Å²) in [5, 5.41) is 4.58. The summed E-state index contributed by atoms with van der Waals surface area (Å²) in [4.78, 5) is 29.7. The van der Waals surface area contributed by atoms with Gasteiger partial charge in [0.15, 0.2) is 0 Å². The molecule has 0 bridgehead atoms. The quantitative estimate of drug-likeness (QED) is 0.858. The van der Waals surface area contributed by atoms with Crippen molar-refractivity contribution in [1.82, 2.24) is 10.3 Å². The molecule has 1 aromatic carbocycles. The molecule has 2 aliphatic heterocycles. The Bertz CT molecular complexity index is 869. The molecule has 2 saturated heterocycles. The maximum Gasteiger partial charge on any atom is 0.407 e. The van der Waals surface area contributed by atoms with E-state index in [0.29, 0.717) is 24.5 Å². The van der Waals surface area contributed by atoms with Crippen LogP contribution in [0.1, 0.15) is 10.4 Å². The number of amides is 2. The zero-order chi connectivity index (χ0) is 17.6. The third-order valence-electron chi connectivity index (χ3n) is 4.80. The molecule has 0 spiro atoms. The molecule has 2 aliphatic rings. The first kappa shape index (κ1) is 15.5. The Morgan fingerprint density at radius 3 is 3.04 bits per heavy atom. The fourth-order valence-electron chi connectivity index (χ4n) is 3.55. The second-order valence-corrected chi connectivity index (χ2v) is 6.29. The van der Waals surface area contributed by atoms with Gasteiger partial charge in [-0.3, -0.25) is 4.79 Å². The zero-order valence-corrected chi connectivity index (χ0v) is 13.7. The van der Waals surface area contributed by atoms with E-state index >= 15 is 0 Å². The number of nitrogens with two attached hydrogens (primary N) is 1. The van der Waals surface area contributed by atoms with E-state index in [4.69, 9.17) is 15.2 Å². The van der Waals surface area contributed by atoms with E-state index in [-0.39, 0.29) is 18.1 Å². The first-order valence-corrected chi connectivity index (χ1v) is 8.01. The number of primary amides is 1. The van der Waals surface area contributed by atoms with Crippen molar-refractivity contribution >= 4 is 28.6 Å². The number of alkyl carbamates (subject to hydrolysis) is 1. The Labute approximate surface area is 143 Å². The van der Waals surface area contributed by atoms with Gasteiger partial charge in [0.05, 0.1) is 25.3 Å². The highest BCUT2D eigenvalue weighted by Gasteiger charge is 2.39. The highest BCUT2D eigenvalue weighted by atomic mass is 16.6. The second kappa shape index (κ2) is 5.80. The molecular weight excluding hydrogens is 324 g/mol. The summed E-state index contributed by atoms with van der Waals surface area (Å²) in [6, 6.07) is 5.38. The minimum absolute atomic E-state index is 0.0464. The number of anilines is 1. The van der Waals surface area contributed by atoms with Crippen LogP contribution in [0.15, 0.2) is 24.4 Å². The van der Waals surface area contributed by atoms with Crippen LogP contribution in [0.4, 0.5) is 10.6 Å². The lowest BCUT2D eigenvalue weighted by Gasteiger charge is -2.24. The molecule has 130 valence electrons. The molecule has 3 heterocycles. The van der Waals surface area contributed by atoms with Gasteiger partial charge in [-0.05, 0) is 23.6 Å². The number of hydrogen-bond donors (Lipinski definition) is 2. The molecule has 8 heteroatoms. The first-order chi connectivity index (χ1) is 12.1. The average Bonchev–Trinajstić information content (AvgIpc) is 3.02. The summed E-state index contributed by atoms with van der Waals surface area (Å²) in [7, 11) is 1.50. The number of benzene rings is 1. The van der Waals surface area contributed by atoms with E-state index in [2.05, 4.69) is 15.2 Å². The van der Waals surface area contributed by atoms with Gasteiger partial charge in [-0.2, -0.15) is 0 Å². The van der Waals surface area contributed by atoms with Gasteiger partial charge in [0.1, 0.15) is 11.6 Å². The van der Waals surface area contributed by atoms with Gasteiger partial charge in [0.25, 0.3) is 5.91 Å². The van der Waals surface area contributed by atoms with Gasteiger partial charge < -0.3 is 25.4 Å². The van der Waals surface area contributed by atoms with Gasteiger partial charge in [-0.15, -0.1) is 0 Å². The number of nitrogens with zero attached hydrogens (tertiary/aromatic N) is 2. The van der Waals surface area contributed by atoms with Gasteiger partial charge in [0.2, 0.25) is 0 Å². The highest BCUT2D eigenvalue weighted by Crippen LogP contribution is 2.34. The molecule has 4 rings (SSSR count). The predicted octanol–water partition coefficient (Wildman–Crippen LogP) is 0.887. The van der Waals surface area contributed by atoms with E-state index in [1.807, 2.05) is 6.07 Å². The Balaban J connectivity index is 1.75. The van der Waals surface area contributed by atoms with Crippen LogP contribution in [0.2, 0.25) is 0 Å². The van der Waals surface area contributed by atoms with Gasteiger partial charge >= 0.3 is 6.09 Å². The topological polar surface area (TPSA) is 107 Å². The maximum absolute atomic E-state index is 11.6. The van der Waals surface area contributed by atoms with Crippen molar-refractivity contribution < 1.29 is 19.1 Å². The average molecular weight is 342 g/mol. The fourth-order valence-corrected chi connectivity index (χ4v) is 3.55. The highest BCUT2D eigenvalue weighted by molar-refractivity contribution is 6.03. The molecular formula is C17H18N4O4. The Hall–Kier alpha value is -3.03. The van der Waals surface area contributed by atoms with Crippen LogP contribution >= 0.6 is 0 Å². The molecule has 0 radical (unpaired) electrons. The summed E-state index contributed by atoms with van der Waals surface area (Å²) in [5.41, 5.74) is 5.77. The van der Waals surface area contributed by atoms with Crippen molar-refractivity contribution in [2.45, 2.75) is 6.04 Å². The molecule has 3 N–H and O–H groups in total. The number of rotatable bonds is 3. The Morgan fingerprint density at radius 2 is 2.28 bits per heavy atom. The number of hydrogen-bond acceptors (Lipinski definition) is 6. The normalized spacial score (nSPS) is 22.3. The molecule has 2 amide bonds. The van der Waals surface area contributed by atoms with E-state index in [9.17, 15) is 9.59 Å². The monoisotopic (exact) mass is 342 g/mol. The molecule has 8 nitrogen and oxygen atoms in total. The standard InChI is InChI=1S/C17H18N4O4/c1-24-14-5-11-9(4-12(14)15(18)22)2-3-19-16(11)21-6-10-8-25-17(23)20-13(10)7-21/h2-5,10,13H,6-8H2,1H3,(H2,18,22)(H,20,23). The van der Waals surface area contributed by atoms with Crippen molar-refractivity contribution in [3.8, 4) is 5.75 Å². The van der Waals surface area contributed by atoms with E-state index < -0.39 is 5.91 Å². The number of carbonyl (C=O) groups excluding carboxylic acids is 2. The molecule has 25 heavy (non-hydrogen) atoms. The largest absolute Gasteiger partial charge is 0.496 e. The van der Waals surface area contributed by atoms with Crippen LogP contribution in [0, 0.1) is 5.92 Å². The van der Waals surface area contributed by atoms with Crippen LogP contribution in [0.5, 0.6) is 5.75 Å². The van der Waals surface area contributed by atoms with Crippen molar-refractivity contribution in [2.24, 2.45) is 11.7 Å². The number of aromatic nitrogens is 1. The second-order valence-electron chi connectivity index (χ2n) is 6.29. The minimum atomic E-state index is -0.538. The van der Waals surface area contributed by atoms with Gasteiger partial charge in [-0.25, -0.2) is 9.78 Å². The number of pyridine rings is 1. The van der Waals surface area contributed by atoms with Crippen LogP contribution in [0.3, 0.4) is 0 Å².